The zero-order valence-electron chi connectivity index (χ0n) is 10.1. The van der Waals surface area contributed by atoms with Gasteiger partial charge in [0.1, 0.15) is 5.75 Å². The third kappa shape index (κ3) is 3.62. The van der Waals surface area contributed by atoms with Gasteiger partial charge in [-0.2, -0.15) is 0 Å². The van der Waals surface area contributed by atoms with Crippen LogP contribution in [0.4, 0.5) is 13.2 Å². The van der Waals surface area contributed by atoms with Crippen molar-refractivity contribution in [2.24, 2.45) is 0 Å². The molecular weight excluding hydrogens is 299 g/mol. The van der Waals surface area contributed by atoms with Crippen LogP contribution in [0.1, 0.15) is 12.8 Å². The Morgan fingerprint density at radius 1 is 1.35 bits per heavy atom. The maximum atomic E-state index is 12.1. The molecule has 0 aliphatic heterocycles. The Balaban J connectivity index is 2.22. The van der Waals surface area contributed by atoms with E-state index in [4.69, 9.17) is 5.11 Å². The largest absolute Gasteiger partial charge is 0.573 e. The Labute approximate surface area is 113 Å². The molecule has 0 spiro atoms. The van der Waals surface area contributed by atoms with E-state index >= 15 is 0 Å². The van der Waals surface area contributed by atoms with Crippen molar-refractivity contribution in [1.82, 2.24) is 4.72 Å². The molecule has 2 rings (SSSR count). The van der Waals surface area contributed by atoms with Crippen molar-refractivity contribution in [1.29, 1.82) is 0 Å². The Morgan fingerprint density at radius 3 is 2.50 bits per heavy atom. The Hall–Kier alpha value is -1.32. The summed E-state index contributed by atoms with van der Waals surface area (Å²) >= 11 is 0. The molecule has 1 fully saturated rings. The fourth-order valence-electron chi connectivity index (χ4n) is 1.63. The summed E-state index contributed by atoms with van der Waals surface area (Å²) in [5.74, 6) is -0.616. The van der Waals surface area contributed by atoms with Gasteiger partial charge in [-0.05, 0) is 25.0 Å². The van der Waals surface area contributed by atoms with Crippen LogP contribution in [0.2, 0.25) is 0 Å². The summed E-state index contributed by atoms with van der Waals surface area (Å²) in [7, 11) is -4.00. The van der Waals surface area contributed by atoms with E-state index in [0.29, 0.717) is 12.8 Å². The lowest BCUT2D eigenvalue weighted by Gasteiger charge is -2.15. The van der Waals surface area contributed by atoms with E-state index in [1.165, 1.54) is 0 Å². The molecule has 0 radical (unpaired) electrons. The molecule has 1 aromatic carbocycles. The van der Waals surface area contributed by atoms with Crippen LogP contribution < -0.4 is 9.46 Å². The van der Waals surface area contributed by atoms with Gasteiger partial charge in [-0.3, -0.25) is 0 Å². The third-order valence-electron chi connectivity index (χ3n) is 2.86. The van der Waals surface area contributed by atoms with Crippen molar-refractivity contribution >= 4 is 10.0 Å². The van der Waals surface area contributed by atoms with Crippen LogP contribution in [0.3, 0.4) is 0 Å². The first kappa shape index (κ1) is 15.1. The predicted molar refractivity (Wildman–Crippen MR) is 62.5 cm³/mol. The number of hydrogen-bond donors (Lipinski definition) is 2. The Bertz CT molecular complexity index is 596. The molecule has 0 bridgehead atoms. The first-order valence-corrected chi connectivity index (χ1v) is 7.15. The highest BCUT2D eigenvalue weighted by molar-refractivity contribution is 7.89. The van der Waals surface area contributed by atoms with Gasteiger partial charge in [0.2, 0.25) is 10.0 Å². The molecule has 1 aromatic rings. The number of rotatable bonds is 5. The minimum atomic E-state index is -4.89. The average molecular weight is 311 g/mol. The van der Waals surface area contributed by atoms with Crippen molar-refractivity contribution < 1.29 is 31.4 Å². The van der Waals surface area contributed by atoms with Gasteiger partial charge in [-0.15, -0.1) is 13.2 Å². The summed E-state index contributed by atoms with van der Waals surface area (Å²) in [4.78, 5) is -0.348. The molecule has 5 nitrogen and oxygen atoms in total. The van der Waals surface area contributed by atoms with Crippen molar-refractivity contribution in [3.05, 3.63) is 24.3 Å². The Morgan fingerprint density at radius 2 is 2.00 bits per heavy atom. The fraction of sp³-hybridized carbons (Fsp3) is 0.455. The minimum Gasteiger partial charge on any atom is -0.406 e. The monoisotopic (exact) mass is 311 g/mol. The number of sulfonamides is 1. The van der Waals surface area contributed by atoms with Crippen LogP contribution in [-0.2, 0) is 10.0 Å². The van der Waals surface area contributed by atoms with E-state index in [9.17, 15) is 21.6 Å². The molecule has 0 atom stereocenters. The summed E-state index contributed by atoms with van der Waals surface area (Å²) in [6.07, 6.45) is -3.92. The highest BCUT2D eigenvalue weighted by Gasteiger charge is 2.45. The van der Waals surface area contributed by atoms with E-state index in [1.807, 2.05) is 0 Å². The summed E-state index contributed by atoms with van der Waals surface area (Å²) < 4.78 is 66.2. The molecule has 0 aromatic heterocycles. The second-order valence-electron chi connectivity index (χ2n) is 4.57. The zero-order chi connectivity index (χ0) is 15.0. The zero-order valence-corrected chi connectivity index (χ0v) is 11.0. The van der Waals surface area contributed by atoms with Crippen LogP contribution in [0, 0.1) is 0 Å². The van der Waals surface area contributed by atoms with Crippen LogP contribution in [0.25, 0.3) is 0 Å². The van der Waals surface area contributed by atoms with Crippen LogP contribution in [0.5, 0.6) is 5.75 Å². The number of benzene rings is 1. The Kier molecular flexibility index (Phi) is 3.69. The van der Waals surface area contributed by atoms with Crippen molar-refractivity contribution in [2.45, 2.75) is 29.6 Å². The van der Waals surface area contributed by atoms with Crippen LogP contribution >= 0.6 is 0 Å². The fourth-order valence-corrected chi connectivity index (χ4v) is 3.11. The van der Waals surface area contributed by atoms with Crippen LogP contribution in [-0.4, -0.2) is 32.0 Å². The second kappa shape index (κ2) is 4.90. The maximum absolute atomic E-state index is 12.1. The number of halogens is 3. The summed E-state index contributed by atoms with van der Waals surface area (Å²) in [6.45, 7) is -0.356. The van der Waals surface area contributed by atoms with Gasteiger partial charge >= 0.3 is 6.36 Å². The van der Waals surface area contributed by atoms with E-state index in [2.05, 4.69) is 9.46 Å². The smallest absolute Gasteiger partial charge is 0.406 e. The molecule has 9 heteroatoms. The van der Waals surface area contributed by atoms with Crippen molar-refractivity contribution in [2.75, 3.05) is 6.61 Å². The van der Waals surface area contributed by atoms with E-state index in [-0.39, 0.29) is 11.5 Å². The molecule has 112 valence electrons. The van der Waals surface area contributed by atoms with Gasteiger partial charge in [-0.25, -0.2) is 13.1 Å². The molecule has 20 heavy (non-hydrogen) atoms. The molecule has 1 aliphatic carbocycles. The molecular formula is C11H12F3NO4S. The van der Waals surface area contributed by atoms with Gasteiger partial charge in [0, 0.05) is 6.07 Å². The standard InChI is InChI=1S/C11H12F3NO4S/c12-11(13,14)19-8-2-1-3-9(6-8)20(17,18)15-10(7-16)4-5-10/h1-3,6,15-16H,4-5,7H2. The molecule has 2 N–H and O–H groups in total. The van der Waals surface area contributed by atoms with E-state index < -0.39 is 27.7 Å². The second-order valence-corrected chi connectivity index (χ2v) is 6.25. The predicted octanol–water partition coefficient (Wildman–Crippen LogP) is 1.39. The number of nitrogens with one attached hydrogen (secondary N) is 1. The molecule has 0 amide bonds. The third-order valence-corrected chi connectivity index (χ3v) is 4.43. The van der Waals surface area contributed by atoms with Gasteiger partial charge in [-0.1, -0.05) is 6.07 Å². The lowest BCUT2D eigenvalue weighted by atomic mass is 10.3. The molecule has 0 unspecified atom stereocenters. The summed E-state index contributed by atoms with van der Waals surface area (Å²) in [5.41, 5.74) is -0.889. The molecule has 1 aliphatic rings. The van der Waals surface area contributed by atoms with E-state index in [0.717, 1.165) is 24.3 Å². The minimum absolute atomic E-state index is 0.348. The molecule has 1 saturated carbocycles. The molecule has 0 heterocycles. The lowest BCUT2D eigenvalue weighted by molar-refractivity contribution is -0.274. The van der Waals surface area contributed by atoms with Crippen molar-refractivity contribution in [3.63, 3.8) is 0 Å². The van der Waals surface area contributed by atoms with Crippen LogP contribution in [0.15, 0.2) is 29.2 Å². The number of aliphatic hydroxyl groups is 1. The van der Waals surface area contributed by atoms with Gasteiger partial charge in [0.25, 0.3) is 0 Å². The SMILES string of the molecule is O=S(=O)(NC1(CO)CC1)c1cccc(OC(F)(F)F)c1. The van der Waals surface area contributed by atoms with Gasteiger partial charge in [0.05, 0.1) is 17.0 Å². The normalized spacial score (nSPS) is 17.8. The average Bonchev–Trinajstić information content (AvgIpc) is 3.07. The van der Waals surface area contributed by atoms with Gasteiger partial charge < -0.3 is 9.84 Å². The summed E-state index contributed by atoms with van der Waals surface area (Å²) in [5, 5.41) is 9.07. The first-order valence-electron chi connectivity index (χ1n) is 5.67. The number of alkyl halides is 3. The quantitative estimate of drug-likeness (QED) is 0.861. The lowest BCUT2D eigenvalue weighted by Crippen LogP contribution is -2.39. The first-order chi connectivity index (χ1) is 9.16. The number of aliphatic hydroxyl groups excluding tert-OH is 1. The van der Waals surface area contributed by atoms with Gasteiger partial charge in [0.15, 0.2) is 0 Å². The molecule has 0 saturated heterocycles. The maximum Gasteiger partial charge on any atom is 0.573 e. The number of ether oxygens (including phenoxy) is 1. The summed E-state index contributed by atoms with van der Waals surface area (Å²) in [6, 6.07) is 4.09. The van der Waals surface area contributed by atoms with Crippen molar-refractivity contribution in [3.8, 4) is 5.75 Å². The topological polar surface area (TPSA) is 75.6 Å². The highest BCUT2D eigenvalue weighted by atomic mass is 32.2. The number of hydrogen-bond acceptors (Lipinski definition) is 4. The van der Waals surface area contributed by atoms with E-state index in [1.54, 1.807) is 0 Å². The highest BCUT2D eigenvalue weighted by Crippen LogP contribution is 2.36.